The van der Waals surface area contributed by atoms with E-state index in [9.17, 15) is 4.79 Å². The first kappa shape index (κ1) is 10.9. The van der Waals surface area contributed by atoms with Crippen molar-refractivity contribution < 1.29 is 4.79 Å². The fourth-order valence-corrected chi connectivity index (χ4v) is 2.57. The maximum atomic E-state index is 11.7. The minimum Gasteiger partial charge on any atom is -0.368 e. The lowest BCUT2D eigenvalue weighted by molar-refractivity contribution is -0.129. The second-order valence-electron chi connectivity index (χ2n) is 5.17. The molecule has 1 aliphatic carbocycles. The van der Waals surface area contributed by atoms with Crippen molar-refractivity contribution in [2.45, 2.75) is 37.8 Å². The quantitative estimate of drug-likeness (QED) is 0.687. The highest BCUT2D eigenvalue weighted by molar-refractivity contribution is 5.85. The Hall–Kier alpha value is -0.610. The highest BCUT2D eigenvalue weighted by Crippen LogP contribution is 2.32. The first-order chi connectivity index (χ1) is 7.04. The molecule has 0 spiro atoms. The molecule has 0 radical (unpaired) electrons. The molecule has 2 fully saturated rings. The molecule has 2 atom stereocenters. The number of carbonyl (C=O) groups is 1. The number of carbonyl (C=O) groups excluding carboxylic acids is 1. The van der Waals surface area contributed by atoms with Gasteiger partial charge in [0.1, 0.15) is 5.54 Å². The Labute approximate surface area is 91.2 Å². The molecule has 0 aromatic rings. The summed E-state index contributed by atoms with van der Waals surface area (Å²) < 4.78 is 0. The van der Waals surface area contributed by atoms with Crippen LogP contribution in [0, 0.1) is 5.92 Å². The molecular weight excluding hydrogens is 190 g/mol. The maximum Gasteiger partial charge on any atom is 0.238 e. The van der Waals surface area contributed by atoms with Crippen LogP contribution in [0.2, 0.25) is 0 Å². The third-order valence-corrected chi connectivity index (χ3v) is 3.79. The minimum atomic E-state index is -0.451. The number of piperidine rings is 1. The van der Waals surface area contributed by atoms with Crippen molar-refractivity contribution in [3.8, 4) is 0 Å². The monoisotopic (exact) mass is 211 g/mol. The van der Waals surface area contributed by atoms with Crippen LogP contribution in [0.15, 0.2) is 0 Å². The van der Waals surface area contributed by atoms with E-state index in [1.807, 2.05) is 0 Å². The lowest BCUT2D eigenvalue weighted by atomic mass is 9.78. The van der Waals surface area contributed by atoms with E-state index < -0.39 is 5.54 Å². The number of nitrogens with one attached hydrogen (secondary N) is 1. The number of nitrogens with zero attached hydrogens (tertiary/aromatic N) is 1. The third kappa shape index (κ3) is 2.01. The van der Waals surface area contributed by atoms with Gasteiger partial charge in [-0.2, -0.15) is 0 Å². The molecule has 86 valence electrons. The molecule has 4 nitrogen and oxygen atoms in total. The topological polar surface area (TPSA) is 58.4 Å². The van der Waals surface area contributed by atoms with E-state index in [0.29, 0.717) is 12.0 Å². The van der Waals surface area contributed by atoms with Gasteiger partial charge in [-0.1, -0.05) is 6.92 Å². The molecule has 0 aromatic heterocycles. The largest absolute Gasteiger partial charge is 0.368 e. The van der Waals surface area contributed by atoms with Crippen molar-refractivity contribution in [2.24, 2.45) is 11.7 Å². The van der Waals surface area contributed by atoms with Gasteiger partial charge in [-0.25, -0.2) is 0 Å². The summed E-state index contributed by atoms with van der Waals surface area (Å²) in [6.07, 6.45) is 3.23. The Kier molecular flexibility index (Phi) is 2.73. The highest BCUT2D eigenvalue weighted by Gasteiger charge is 2.47. The van der Waals surface area contributed by atoms with Crippen molar-refractivity contribution in [2.75, 3.05) is 20.1 Å². The highest BCUT2D eigenvalue weighted by atomic mass is 16.1. The van der Waals surface area contributed by atoms with Crippen LogP contribution in [0.5, 0.6) is 0 Å². The van der Waals surface area contributed by atoms with E-state index in [2.05, 4.69) is 24.2 Å². The van der Waals surface area contributed by atoms with Gasteiger partial charge in [0.25, 0.3) is 0 Å². The van der Waals surface area contributed by atoms with Gasteiger partial charge in [-0.05, 0) is 32.2 Å². The van der Waals surface area contributed by atoms with Crippen LogP contribution in [0.3, 0.4) is 0 Å². The van der Waals surface area contributed by atoms with Crippen LogP contribution in [-0.4, -0.2) is 42.5 Å². The summed E-state index contributed by atoms with van der Waals surface area (Å²) in [5, 5.41) is 3.47. The van der Waals surface area contributed by atoms with Crippen molar-refractivity contribution in [1.29, 1.82) is 0 Å². The van der Waals surface area contributed by atoms with E-state index in [1.54, 1.807) is 0 Å². The minimum absolute atomic E-state index is 0.171. The van der Waals surface area contributed by atoms with Crippen LogP contribution < -0.4 is 11.1 Å². The van der Waals surface area contributed by atoms with E-state index in [-0.39, 0.29) is 5.91 Å². The second kappa shape index (κ2) is 3.76. The Balaban J connectivity index is 2.12. The summed E-state index contributed by atoms with van der Waals surface area (Å²) in [4.78, 5) is 14.0. The molecule has 1 amide bonds. The lowest BCUT2D eigenvalue weighted by Crippen LogP contribution is -2.65. The van der Waals surface area contributed by atoms with E-state index in [1.165, 1.54) is 12.8 Å². The lowest BCUT2D eigenvalue weighted by Gasteiger charge is -2.44. The van der Waals surface area contributed by atoms with Gasteiger partial charge in [-0.15, -0.1) is 0 Å². The summed E-state index contributed by atoms with van der Waals surface area (Å²) in [6, 6.07) is 0.531. The predicted molar refractivity (Wildman–Crippen MR) is 59.4 cm³/mol. The molecule has 4 heteroatoms. The van der Waals surface area contributed by atoms with Crippen molar-refractivity contribution in [3.63, 3.8) is 0 Å². The summed E-state index contributed by atoms with van der Waals surface area (Å²) in [6.45, 7) is 4.02. The average molecular weight is 211 g/mol. The number of hydrogen-bond donors (Lipinski definition) is 2. The summed E-state index contributed by atoms with van der Waals surface area (Å²) in [5.41, 5.74) is 5.14. The number of likely N-dealkylation sites (tertiary alicyclic amines) is 1. The molecule has 1 saturated carbocycles. The van der Waals surface area contributed by atoms with E-state index in [0.717, 1.165) is 19.5 Å². The molecule has 0 bridgehead atoms. The smallest absolute Gasteiger partial charge is 0.238 e. The van der Waals surface area contributed by atoms with Gasteiger partial charge in [0, 0.05) is 19.1 Å². The SMILES string of the molecule is CC1CN(C)CCC1(NC1CC1)C(N)=O. The van der Waals surface area contributed by atoms with Crippen molar-refractivity contribution in [1.82, 2.24) is 10.2 Å². The fourth-order valence-electron chi connectivity index (χ4n) is 2.57. The number of hydrogen-bond acceptors (Lipinski definition) is 3. The zero-order chi connectivity index (χ0) is 11.1. The molecule has 1 heterocycles. The van der Waals surface area contributed by atoms with Gasteiger partial charge in [0.2, 0.25) is 5.91 Å². The molecule has 3 N–H and O–H groups in total. The van der Waals surface area contributed by atoms with Crippen molar-refractivity contribution in [3.05, 3.63) is 0 Å². The predicted octanol–water partition coefficient (Wildman–Crippen LogP) is -0.0659. The summed E-state index contributed by atoms with van der Waals surface area (Å²) in [5.74, 6) is 0.129. The van der Waals surface area contributed by atoms with Gasteiger partial charge >= 0.3 is 0 Å². The van der Waals surface area contributed by atoms with E-state index >= 15 is 0 Å². The number of amides is 1. The first-order valence-electron chi connectivity index (χ1n) is 5.81. The summed E-state index contributed by atoms with van der Waals surface area (Å²) >= 11 is 0. The van der Waals surface area contributed by atoms with Crippen LogP contribution >= 0.6 is 0 Å². The number of primary amides is 1. The number of nitrogens with two attached hydrogens (primary N) is 1. The van der Waals surface area contributed by atoms with Crippen LogP contribution in [0.25, 0.3) is 0 Å². The second-order valence-corrected chi connectivity index (χ2v) is 5.17. The molecule has 15 heavy (non-hydrogen) atoms. The zero-order valence-electron chi connectivity index (χ0n) is 9.62. The molecule has 1 aliphatic heterocycles. The Bertz CT molecular complexity index is 265. The van der Waals surface area contributed by atoms with Gasteiger partial charge in [0.15, 0.2) is 0 Å². The normalized spacial score (nSPS) is 37.9. The molecule has 2 unspecified atom stereocenters. The van der Waals surface area contributed by atoms with Crippen LogP contribution in [0.1, 0.15) is 26.2 Å². The molecule has 2 aliphatic rings. The molecule has 1 saturated heterocycles. The van der Waals surface area contributed by atoms with Crippen molar-refractivity contribution >= 4 is 5.91 Å². The zero-order valence-corrected chi connectivity index (χ0v) is 9.62. The van der Waals surface area contributed by atoms with Gasteiger partial charge < -0.3 is 16.0 Å². The van der Waals surface area contributed by atoms with Crippen LogP contribution in [-0.2, 0) is 4.79 Å². The van der Waals surface area contributed by atoms with Crippen LogP contribution in [0.4, 0.5) is 0 Å². The maximum absolute atomic E-state index is 11.7. The molecular formula is C11H21N3O. The Morgan fingerprint density at radius 1 is 1.53 bits per heavy atom. The first-order valence-corrected chi connectivity index (χ1v) is 5.81. The number of rotatable bonds is 3. The Morgan fingerprint density at radius 3 is 2.67 bits per heavy atom. The van der Waals surface area contributed by atoms with Gasteiger partial charge in [0.05, 0.1) is 0 Å². The fraction of sp³-hybridized carbons (Fsp3) is 0.909. The standard InChI is InChI=1S/C11H21N3O/c1-8-7-14(2)6-5-11(8,10(12)15)13-9-3-4-9/h8-9,13H,3-7H2,1-2H3,(H2,12,15). The molecule has 2 rings (SSSR count). The van der Waals surface area contributed by atoms with E-state index in [4.69, 9.17) is 5.73 Å². The average Bonchev–Trinajstić information content (AvgIpc) is 2.93. The molecule has 0 aromatic carbocycles. The van der Waals surface area contributed by atoms with Gasteiger partial charge in [-0.3, -0.25) is 4.79 Å². The third-order valence-electron chi connectivity index (χ3n) is 3.79. The Morgan fingerprint density at radius 2 is 2.20 bits per heavy atom. The summed E-state index contributed by atoms with van der Waals surface area (Å²) in [7, 11) is 2.10.